The van der Waals surface area contributed by atoms with Crippen LogP contribution in [0, 0.1) is 0 Å². The summed E-state index contributed by atoms with van der Waals surface area (Å²) < 4.78 is 5.38. The first-order chi connectivity index (χ1) is 13.8. The molecule has 0 unspecified atom stereocenters. The topological polar surface area (TPSA) is 45.5 Å². The fourth-order valence-corrected chi connectivity index (χ4v) is 3.66. The zero-order valence-corrected chi connectivity index (χ0v) is 16.1. The van der Waals surface area contributed by atoms with Gasteiger partial charge >= 0.3 is 0 Å². The van der Waals surface area contributed by atoms with E-state index in [1.807, 2.05) is 36.4 Å². The molecule has 0 radical (unpaired) electrons. The van der Waals surface area contributed by atoms with Gasteiger partial charge in [0.1, 0.15) is 5.76 Å². The van der Waals surface area contributed by atoms with E-state index in [0.29, 0.717) is 12.1 Å². The normalized spacial score (nSPS) is 14.3. The summed E-state index contributed by atoms with van der Waals surface area (Å²) in [6.07, 6.45) is 5.13. The summed E-state index contributed by atoms with van der Waals surface area (Å²) in [6.45, 7) is 4.11. The number of amides is 1. The van der Waals surface area contributed by atoms with Gasteiger partial charge in [-0.25, -0.2) is 0 Å². The van der Waals surface area contributed by atoms with Gasteiger partial charge in [0.25, 0.3) is 5.91 Å². The van der Waals surface area contributed by atoms with Crippen molar-refractivity contribution in [3.05, 3.63) is 83.6 Å². The lowest BCUT2D eigenvalue weighted by molar-refractivity contribution is 0.0954. The van der Waals surface area contributed by atoms with E-state index in [2.05, 4.69) is 34.5 Å². The van der Waals surface area contributed by atoms with Crippen LogP contribution in [0.5, 0.6) is 0 Å². The first-order valence-electron chi connectivity index (χ1n) is 10.0. The second-order valence-electron chi connectivity index (χ2n) is 7.36. The van der Waals surface area contributed by atoms with Crippen LogP contribution in [0.1, 0.15) is 34.3 Å². The number of nitrogens with zero attached hydrogens (tertiary/aromatic N) is 1. The molecule has 4 rings (SSSR count). The Labute approximate surface area is 166 Å². The zero-order chi connectivity index (χ0) is 19.2. The molecule has 0 atom stereocenters. The number of hydrogen-bond acceptors (Lipinski definition) is 3. The summed E-state index contributed by atoms with van der Waals surface area (Å²) in [4.78, 5) is 14.8. The molecule has 1 fully saturated rings. The molecule has 1 amide bonds. The van der Waals surface area contributed by atoms with E-state index < -0.39 is 0 Å². The molecule has 0 spiro atoms. The third-order valence-electron chi connectivity index (χ3n) is 5.28. The molecule has 2 heterocycles. The van der Waals surface area contributed by atoms with E-state index in [0.717, 1.165) is 24.3 Å². The molecule has 1 N–H and O–H groups in total. The molecular formula is C24H26N2O2. The highest BCUT2D eigenvalue weighted by molar-refractivity contribution is 5.94. The van der Waals surface area contributed by atoms with Gasteiger partial charge in [-0.2, -0.15) is 0 Å². The van der Waals surface area contributed by atoms with Gasteiger partial charge < -0.3 is 9.73 Å². The van der Waals surface area contributed by atoms with Crippen LogP contribution in [0.15, 0.2) is 71.3 Å². The van der Waals surface area contributed by atoms with E-state index in [1.165, 1.54) is 37.1 Å². The largest absolute Gasteiger partial charge is 0.464 e. The molecule has 144 valence electrons. The maximum Gasteiger partial charge on any atom is 0.251 e. The summed E-state index contributed by atoms with van der Waals surface area (Å²) in [5.74, 6) is 0.761. The maximum absolute atomic E-state index is 12.3. The molecule has 3 aromatic rings. The van der Waals surface area contributed by atoms with Crippen LogP contribution in [0.4, 0.5) is 0 Å². The average molecular weight is 374 g/mol. The molecule has 1 aliphatic heterocycles. The molecule has 0 saturated carbocycles. The van der Waals surface area contributed by atoms with Gasteiger partial charge in [-0.05, 0) is 67.7 Å². The van der Waals surface area contributed by atoms with Crippen LogP contribution in [-0.2, 0) is 13.0 Å². The highest BCUT2D eigenvalue weighted by Crippen LogP contribution is 2.20. The van der Waals surface area contributed by atoms with Crippen LogP contribution in [0.2, 0.25) is 0 Å². The minimum Gasteiger partial charge on any atom is -0.464 e. The Balaban J connectivity index is 1.24. The maximum atomic E-state index is 12.3. The number of likely N-dealkylation sites (tertiary alicyclic amines) is 1. The monoisotopic (exact) mass is 374 g/mol. The van der Waals surface area contributed by atoms with E-state index in [-0.39, 0.29) is 5.91 Å². The molecule has 1 saturated heterocycles. The Kier molecular flexibility index (Phi) is 5.88. The number of carbonyl (C=O) groups excluding carboxylic acids is 1. The van der Waals surface area contributed by atoms with Gasteiger partial charge in [0.2, 0.25) is 0 Å². The molecule has 4 nitrogen and oxygen atoms in total. The summed E-state index contributed by atoms with van der Waals surface area (Å²) in [7, 11) is 0. The molecule has 4 heteroatoms. The van der Waals surface area contributed by atoms with Crippen molar-refractivity contribution in [2.75, 3.05) is 19.6 Å². The number of carbonyl (C=O) groups is 1. The zero-order valence-electron chi connectivity index (χ0n) is 16.1. The van der Waals surface area contributed by atoms with Crippen molar-refractivity contribution in [3.63, 3.8) is 0 Å². The van der Waals surface area contributed by atoms with Crippen molar-refractivity contribution < 1.29 is 9.21 Å². The second-order valence-corrected chi connectivity index (χ2v) is 7.36. The van der Waals surface area contributed by atoms with Crippen molar-refractivity contribution in [2.24, 2.45) is 0 Å². The Hall–Kier alpha value is -2.85. The highest BCUT2D eigenvalue weighted by Gasteiger charge is 2.11. The lowest BCUT2D eigenvalue weighted by atomic mass is 10.1. The number of furan rings is 1. The fraction of sp³-hybridized carbons (Fsp3) is 0.292. The van der Waals surface area contributed by atoms with Gasteiger partial charge in [0.05, 0.1) is 6.26 Å². The number of rotatable bonds is 7. The number of hydrogen-bond donors (Lipinski definition) is 1. The standard InChI is InChI=1S/C24H26N2O2/c27-24(22-11-9-21(10-12-22)23-4-3-17-28-23)25-14-13-19-5-7-20(8-6-19)18-26-15-1-2-16-26/h3-12,17H,1-2,13-16,18H2,(H,25,27). The van der Waals surface area contributed by atoms with Crippen molar-refractivity contribution in [1.29, 1.82) is 0 Å². The lowest BCUT2D eigenvalue weighted by Crippen LogP contribution is -2.25. The Bertz CT molecular complexity index is 877. The van der Waals surface area contributed by atoms with E-state index in [4.69, 9.17) is 4.42 Å². The average Bonchev–Trinajstić information content (AvgIpc) is 3.44. The Morgan fingerprint density at radius 3 is 2.32 bits per heavy atom. The van der Waals surface area contributed by atoms with Crippen molar-refractivity contribution in [2.45, 2.75) is 25.8 Å². The van der Waals surface area contributed by atoms with Gasteiger partial charge in [0, 0.05) is 24.2 Å². The van der Waals surface area contributed by atoms with E-state index in [9.17, 15) is 4.79 Å². The highest BCUT2D eigenvalue weighted by atomic mass is 16.3. The van der Waals surface area contributed by atoms with Crippen molar-refractivity contribution in [3.8, 4) is 11.3 Å². The first kappa shape index (κ1) is 18.5. The minimum absolute atomic E-state index is 0.0448. The summed E-state index contributed by atoms with van der Waals surface area (Å²) >= 11 is 0. The number of benzene rings is 2. The molecule has 1 aliphatic rings. The van der Waals surface area contributed by atoms with Gasteiger partial charge in [-0.3, -0.25) is 9.69 Å². The molecule has 0 bridgehead atoms. The predicted octanol–water partition coefficient (Wildman–Crippen LogP) is 4.51. The smallest absolute Gasteiger partial charge is 0.251 e. The second kappa shape index (κ2) is 8.89. The van der Waals surface area contributed by atoms with E-state index in [1.54, 1.807) is 6.26 Å². The molecular weight excluding hydrogens is 348 g/mol. The lowest BCUT2D eigenvalue weighted by Gasteiger charge is -2.14. The van der Waals surface area contributed by atoms with Gasteiger partial charge in [-0.1, -0.05) is 36.4 Å². The fourth-order valence-electron chi connectivity index (χ4n) is 3.66. The quantitative estimate of drug-likeness (QED) is 0.662. The summed E-state index contributed by atoms with van der Waals surface area (Å²) in [5, 5.41) is 3.00. The van der Waals surface area contributed by atoms with E-state index >= 15 is 0 Å². The molecule has 28 heavy (non-hydrogen) atoms. The minimum atomic E-state index is -0.0448. The predicted molar refractivity (Wildman–Crippen MR) is 111 cm³/mol. The first-order valence-corrected chi connectivity index (χ1v) is 10.0. The third-order valence-corrected chi connectivity index (χ3v) is 5.28. The Morgan fingerprint density at radius 2 is 1.64 bits per heavy atom. The van der Waals surface area contributed by atoms with Crippen molar-refractivity contribution >= 4 is 5.91 Å². The Morgan fingerprint density at radius 1 is 0.929 bits per heavy atom. The number of nitrogens with one attached hydrogen (secondary N) is 1. The molecule has 1 aromatic heterocycles. The summed E-state index contributed by atoms with van der Waals surface area (Å²) in [6, 6.07) is 20.0. The van der Waals surface area contributed by atoms with Crippen LogP contribution in [-0.4, -0.2) is 30.4 Å². The van der Waals surface area contributed by atoms with Crippen LogP contribution < -0.4 is 5.32 Å². The van der Waals surface area contributed by atoms with Gasteiger partial charge in [-0.15, -0.1) is 0 Å². The van der Waals surface area contributed by atoms with Crippen molar-refractivity contribution in [1.82, 2.24) is 10.2 Å². The molecule has 0 aliphatic carbocycles. The van der Waals surface area contributed by atoms with Crippen LogP contribution in [0.3, 0.4) is 0 Å². The van der Waals surface area contributed by atoms with Crippen LogP contribution >= 0.6 is 0 Å². The molecule has 2 aromatic carbocycles. The summed E-state index contributed by atoms with van der Waals surface area (Å²) in [5.41, 5.74) is 4.25. The SMILES string of the molecule is O=C(NCCc1ccc(CN2CCCC2)cc1)c1ccc(-c2ccco2)cc1. The third kappa shape index (κ3) is 4.70. The van der Waals surface area contributed by atoms with Crippen LogP contribution in [0.25, 0.3) is 11.3 Å². The van der Waals surface area contributed by atoms with Gasteiger partial charge in [0.15, 0.2) is 0 Å².